The number of thioether (sulfide) groups is 1. The van der Waals surface area contributed by atoms with Crippen molar-refractivity contribution in [2.45, 2.75) is 4.90 Å². The topological polar surface area (TPSA) is 180 Å². The van der Waals surface area contributed by atoms with E-state index >= 15 is 0 Å². The molecule has 0 aliphatic rings. The van der Waals surface area contributed by atoms with Gasteiger partial charge in [0.05, 0.1) is 32.3 Å². The first kappa shape index (κ1) is 29.5. The fraction of sp³-hybridized carbons (Fsp3) is 0.417. The van der Waals surface area contributed by atoms with Gasteiger partial charge < -0.3 is 41.5 Å². The molecule has 1 rings (SSSR count). The summed E-state index contributed by atoms with van der Waals surface area (Å²) in [7, 11) is 0. The summed E-state index contributed by atoms with van der Waals surface area (Å²) in [5.41, 5.74) is 0. The van der Waals surface area contributed by atoms with E-state index in [1.54, 1.807) is 18.2 Å². The van der Waals surface area contributed by atoms with Crippen LogP contribution in [0.3, 0.4) is 0 Å². The van der Waals surface area contributed by atoms with Gasteiger partial charge in [-0.2, -0.15) is 0 Å². The molecule has 0 aliphatic heterocycles. The minimum Gasteiger partial charge on any atom is -0.549 e. The fourth-order valence-electron chi connectivity index (χ4n) is 1.04. The first-order valence-electron chi connectivity index (χ1n) is 5.75. The zero-order valence-corrected chi connectivity index (χ0v) is 15.3. The van der Waals surface area contributed by atoms with E-state index in [0.717, 1.165) is 11.8 Å². The number of aliphatic carboxylic acids is 1. The molecule has 1 aromatic carbocycles. The van der Waals surface area contributed by atoms with Crippen molar-refractivity contribution in [2.75, 3.05) is 32.1 Å². The van der Waals surface area contributed by atoms with Gasteiger partial charge in [0.15, 0.2) is 0 Å². The second-order valence-corrected chi connectivity index (χ2v) is 4.46. The standard InChI is InChI=1S/C8H8O3S.C4H11NO2.2H2O.Sb/c9-6-3-1-2-4-7(6)12-5-8(10)11;6-3-1-5-2-4-7;;;/h1-4,9H,5H2,(H,10,11);5-7H,1-4H2;2*1H2;. The molecule has 22 heavy (non-hydrogen) atoms. The molecule has 0 aromatic heterocycles. The number of carboxylic acid groups (broad SMARTS) is 1. The Hall–Kier alpha value is -0.542. The van der Waals surface area contributed by atoms with Gasteiger partial charge in [-0.05, 0) is 12.1 Å². The molecule has 0 aliphatic carbocycles. The summed E-state index contributed by atoms with van der Waals surface area (Å²) in [5, 5.41) is 37.5. The van der Waals surface area contributed by atoms with Crippen LogP contribution in [-0.2, 0) is 4.79 Å². The molecule has 8 nitrogen and oxygen atoms in total. The van der Waals surface area contributed by atoms with Gasteiger partial charge in [0.2, 0.25) is 0 Å². The number of aliphatic hydroxyl groups excluding tert-OH is 2. The average molecular weight is 447 g/mol. The minimum atomic E-state index is -1.14. The van der Waals surface area contributed by atoms with Gasteiger partial charge in [-0.15, -0.1) is 11.8 Å². The number of carboxylic acids is 1. The summed E-state index contributed by atoms with van der Waals surface area (Å²) < 4.78 is 0. The van der Waals surface area contributed by atoms with Crippen LogP contribution in [0.4, 0.5) is 0 Å². The second-order valence-electron chi connectivity index (χ2n) is 3.44. The maximum Gasteiger partial charge on any atom is 0.129 e. The molecule has 0 heterocycles. The maximum absolute atomic E-state index is 10.1. The van der Waals surface area contributed by atoms with E-state index in [-0.39, 0.29) is 60.1 Å². The Morgan fingerprint density at radius 3 is 2.05 bits per heavy atom. The number of aromatic hydroxyl groups is 1. The molecule has 1 aromatic rings. The zero-order chi connectivity index (χ0) is 14.5. The van der Waals surface area contributed by atoms with Crippen LogP contribution in [0.15, 0.2) is 29.2 Å². The van der Waals surface area contributed by atoms with Crippen molar-refractivity contribution >= 4 is 42.2 Å². The third-order valence-corrected chi connectivity index (χ3v) is 2.91. The Bertz CT molecular complexity index is 367. The number of phenols is 1. The van der Waals surface area contributed by atoms with E-state index in [4.69, 9.17) is 10.2 Å². The summed E-state index contributed by atoms with van der Waals surface area (Å²) >= 11 is 1.04. The Balaban J connectivity index is -0.000000144. The van der Waals surface area contributed by atoms with E-state index in [2.05, 4.69) is 0 Å². The van der Waals surface area contributed by atoms with Gasteiger partial charge in [0.25, 0.3) is 0 Å². The molecule has 0 amide bonds. The molecule has 0 atom stereocenters. The quantitative estimate of drug-likeness (QED) is 0.187. The van der Waals surface area contributed by atoms with E-state index < -0.39 is 5.97 Å². The number of para-hydroxylation sites is 1. The number of phenolic OH excluding ortho intramolecular Hbond substituents is 1. The van der Waals surface area contributed by atoms with Crippen molar-refractivity contribution in [3.8, 4) is 5.75 Å². The fourth-order valence-corrected chi connectivity index (χ4v) is 1.71. The smallest absolute Gasteiger partial charge is 0.129 e. The Kier molecular flexibility index (Phi) is 27.4. The number of hydrogen-bond acceptors (Lipinski definition) is 6. The van der Waals surface area contributed by atoms with E-state index in [0.29, 0.717) is 18.0 Å². The van der Waals surface area contributed by atoms with Gasteiger partial charge >= 0.3 is 0 Å². The van der Waals surface area contributed by atoms with Gasteiger partial charge in [0.1, 0.15) is 5.75 Å². The number of rotatable bonds is 7. The van der Waals surface area contributed by atoms with Crippen molar-refractivity contribution in [1.29, 1.82) is 0 Å². The van der Waals surface area contributed by atoms with Crippen molar-refractivity contribution in [2.24, 2.45) is 0 Å². The SMILES string of the molecule is O.O.O=C([O-])CSc1ccccc1O.OCC[NH2+]CCO.[Sb]. The predicted molar refractivity (Wildman–Crippen MR) is 82.7 cm³/mol. The third-order valence-electron chi connectivity index (χ3n) is 1.88. The van der Waals surface area contributed by atoms with E-state index in [9.17, 15) is 15.0 Å². The van der Waals surface area contributed by atoms with Crippen molar-refractivity contribution < 1.29 is 41.5 Å². The van der Waals surface area contributed by atoms with E-state index in [1.807, 2.05) is 5.32 Å². The first-order valence-corrected chi connectivity index (χ1v) is 6.74. The number of quaternary nitrogens is 1. The van der Waals surface area contributed by atoms with Crippen LogP contribution in [0, 0.1) is 0 Å². The normalized spacial score (nSPS) is 8.27. The predicted octanol–water partition coefficient (Wildman–Crippen LogP) is -4.26. The number of nitrogens with two attached hydrogens (primary N) is 1. The molecule has 0 saturated carbocycles. The molecular weight excluding hydrogens is 424 g/mol. The number of benzene rings is 1. The van der Waals surface area contributed by atoms with Crippen LogP contribution in [0.25, 0.3) is 0 Å². The molecule has 10 heteroatoms. The summed E-state index contributed by atoms with van der Waals surface area (Å²) in [6.07, 6.45) is 0. The Morgan fingerprint density at radius 2 is 1.64 bits per heavy atom. The third kappa shape index (κ3) is 17.5. The van der Waals surface area contributed by atoms with Crippen molar-refractivity contribution in [1.82, 2.24) is 0 Å². The summed E-state index contributed by atoms with van der Waals surface area (Å²) in [5.74, 6) is -1.18. The first-order chi connectivity index (χ1) is 9.11. The van der Waals surface area contributed by atoms with Crippen LogP contribution in [0.1, 0.15) is 0 Å². The molecule has 0 spiro atoms. The monoisotopic (exact) mass is 446 g/mol. The number of carbonyl (C=O) groups is 1. The number of aliphatic hydroxyl groups is 2. The molecule has 0 saturated heterocycles. The molecule has 0 fully saturated rings. The van der Waals surface area contributed by atoms with E-state index in [1.165, 1.54) is 6.07 Å². The van der Waals surface area contributed by atoms with Gasteiger partial charge in [0, 0.05) is 35.1 Å². The second kappa shape index (κ2) is 20.5. The number of carbonyl (C=O) groups excluding carboxylic acids is 1. The minimum absolute atomic E-state index is 0. The Labute approximate surface area is 150 Å². The van der Waals surface area contributed by atoms with Gasteiger partial charge in [-0.25, -0.2) is 0 Å². The van der Waals surface area contributed by atoms with Crippen LogP contribution in [0.5, 0.6) is 5.75 Å². The summed E-state index contributed by atoms with van der Waals surface area (Å²) in [6, 6.07) is 6.58. The Morgan fingerprint density at radius 1 is 1.14 bits per heavy atom. The molecular formula is C12H23NO7SSb. The van der Waals surface area contributed by atoms with Crippen LogP contribution >= 0.6 is 11.8 Å². The van der Waals surface area contributed by atoms with Gasteiger partial charge in [-0.1, -0.05) is 12.1 Å². The van der Waals surface area contributed by atoms with Crippen LogP contribution in [0.2, 0.25) is 0 Å². The van der Waals surface area contributed by atoms with Crippen molar-refractivity contribution in [3.05, 3.63) is 24.3 Å². The van der Waals surface area contributed by atoms with Gasteiger partial charge in [-0.3, -0.25) is 0 Å². The molecule has 9 N–H and O–H groups in total. The molecule has 129 valence electrons. The largest absolute Gasteiger partial charge is 0.549 e. The van der Waals surface area contributed by atoms with Crippen LogP contribution in [-0.4, -0.2) is 88.7 Å². The maximum atomic E-state index is 10.1. The van der Waals surface area contributed by atoms with Crippen LogP contribution < -0.4 is 10.4 Å². The molecule has 3 radical (unpaired) electrons. The number of hydrogen-bond donors (Lipinski definition) is 4. The molecule has 0 bridgehead atoms. The molecule has 0 unspecified atom stereocenters. The average Bonchev–Trinajstić information content (AvgIpc) is 2.39. The summed E-state index contributed by atoms with van der Waals surface area (Å²) in [4.78, 5) is 10.6. The van der Waals surface area contributed by atoms with Crippen molar-refractivity contribution in [3.63, 3.8) is 0 Å². The summed E-state index contributed by atoms with van der Waals surface area (Å²) in [6.45, 7) is 1.78. The zero-order valence-electron chi connectivity index (χ0n) is 11.9.